The second kappa shape index (κ2) is 13.2. The number of anilines is 3. The summed E-state index contributed by atoms with van der Waals surface area (Å²) in [5, 5.41) is 20.2. The summed E-state index contributed by atoms with van der Waals surface area (Å²) in [5.74, 6) is 0.748. The van der Waals surface area contributed by atoms with Crippen LogP contribution in [0.25, 0.3) is 22.3 Å². The van der Waals surface area contributed by atoms with Gasteiger partial charge < -0.3 is 15.6 Å². The minimum absolute atomic E-state index is 0.0486. The smallest absolute Gasteiger partial charge is 0.243 e. The number of amides is 2. The number of nitrogens with zero attached hydrogens (tertiary/aromatic N) is 4. The third-order valence-corrected chi connectivity index (χ3v) is 7.35. The van der Waals surface area contributed by atoms with Gasteiger partial charge in [0.2, 0.25) is 17.8 Å². The Balaban J connectivity index is 1.16. The summed E-state index contributed by atoms with van der Waals surface area (Å²) in [5.41, 5.74) is 5.68. The summed E-state index contributed by atoms with van der Waals surface area (Å²) in [6.07, 6.45) is 14.8. The van der Waals surface area contributed by atoms with Gasteiger partial charge >= 0.3 is 0 Å². The van der Waals surface area contributed by atoms with Crippen LogP contribution in [0.4, 0.5) is 17.3 Å². The maximum atomic E-state index is 12.3. The molecule has 40 heavy (non-hydrogen) atoms. The third kappa shape index (κ3) is 7.23. The lowest BCUT2D eigenvalue weighted by atomic mass is 10.1. The normalized spacial score (nSPS) is 13.5. The summed E-state index contributed by atoms with van der Waals surface area (Å²) in [4.78, 5) is 36.0. The zero-order valence-corrected chi connectivity index (χ0v) is 22.5. The molecule has 3 heterocycles. The van der Waals surface area contributed by atoms with E-state index in [-0.39, 0.29) is 11.8 Å². The predicted octanol–water partition coefficient (Wildman–Crippen LogP) is 5.54. The monoisotopic (exact) mass is 544 g/mol. The molecule has 1 aliphatic rings. The Morgan fingerprint density at radius 2 is 1.68 bits per heavy atom. The molecule has 3 aromatic heterocycles. The second-order valence-corrected chi connectivity index (χ2v) is 10.4. The fourth-order valence-electron chi connectivity index (χ4n) is 5.23. The number of hydrogen-bond donors (Lipinski definition) is 5. The average Bonchev–Trinajstić information content (AvgIpc) is 3.74. The minimum atomic E-state index is -0.380. The molecule has 5 N–H and O–H groups in total. The highest BCUT2D eigenvalue weighted by molar-refractivity contribution is 5.92. The first kappa shape index (κ1) is 27.3. The molecule has 1 aliphatic carbocycles. The average molecular weight is 545 g/mol. The molecular weight excluding hydrogens is 508 g/mol. The van der Waals surface area contributed by atoms with Gasteiger partial charge in [-0.3, -0.25) is 19.5 Å². The van der Waals surface area contributed by atoms with Crippen molar-refractivity contribution in [2.75, 3.05) is 10.6 Å². The van der Waals surface area contributed by atoms with Crippen molar-refractivity contribution in [2.45, 2.75) is 70.8 Å². The van der Waals surface area contributed by atoms with E-state index in [2.05, 4.69) is 31.9 Å². The molecule has 4 aromatic rings. The molecule has 5 rings (SSSR count). The van der Waals surface area contributed by atoms with Crippen LogP contribution in [0.2, 0.25) is 0 Å². The summed E-state index contributed by atoms with van der Waals surface area (Å²) < 4.78 is 2.03. The Hall–Kier alpha value is -4.25. The van der Waals surface area contributed by atoms with Crippen LogP contribution in [-0.2, 0) is 16.1 Å². The highest BCUT2D eigenvalue weighted by atomic mass is 16.5. The molecular formula is C29H36N8O3. The number of aromatic nitrogens is 5. The number of carbonyl (C=O) groups is 2. The van der Waals surface area contributed by atoms with Gasteiger partial charge in [-0.15, -0.1) is 0 Å². The van der Waals surface area contributed by atoms with Crippen molar-refractivity contribution in [2.24, 2.45) is 5.92 Å². The van der Waals surface area contributed by atoms with Crippen LogP contribution in [0.1, 0.15) is 64.2 Å². The number of aromatic amines is 1. The molecule has 0 radical (unpaired) electrons. The van der Waals surface area contributed by atoms with Crippen LogP contribution < -0.4 is 16.1 Å². The minimum Gasteiger partial charge on any atom is -0.346 e. The van der Waals surface area contributed by atoms with Crippen molar-refractivity contribution in [1.29, 1.82) is 0 Å². The molecule has 0 atom stereocenters. The largest absolute Gasteiger partial charge is 0.346 e. The van der Waals surface area contributed by atoms with Gasteiger partial charge in [-0.1, -0.05) is 25.7 Å². The summed E-state index contributed by atoms with van der Waals surface area (Å²) in [7, 11) is 0. The fraction of sp³-hybridized carbons (Fsp3) is 0.414. The summed E-state index contributed by atoms with van der Waals surface area (Å²) in [6, 6.07) is 9.42. The first-order valence-corrected chi connectivity index (χ1v) is 14.1. The van der Waals surface area contributed by atoms with E-state index in [0.29, 0.717) is 36.8 Å². The van der Waals surface area contributed by atoms with Crippen LogP contribution in [0.3, 0.4) is 0 Å². The number of rotatable bonds is 13. The number of benzene rings is 1. The fourth-order valence-corrected chi connectivity index (χ4v) is 5.23. The molecule has 1 aromatic carbocycles. The first-order valence-electron chi connectivity index (χ1n) is 14.1. The van der Waals surface area contributed by atoms with Crippen molar-refractivity contribution < 1.29 is 14.8 Å². The maximum Gasteiger partial charge on any atom is 0.243 e. The Kier molecular flexibility index (Phi) is 9.02. The molecule has 2 amide bonds. The lowest BCUT2D eigenvalue weighted by molar-refractivity contribution is -0.129. The van der Waals surface area contributed by atoms with Crippen molar-refractivity contribution in [3.63, 3.8) is 0 Å². The van der Waals surface area contributed by atoms with Gasteiger partial charge in [0.15, 0.2) is 0 Å². The first-order chi connectivity index (χ1) is 19.6. The molecule has 210 valence electrons. The molecule has 1 fully saturated rings. The lowest BCUT2D eigenvalue weighted by Gasteiger charge is -2.10. The van der Waals surface area contributed by atoms with Crippen LogP contribution in [-0.4, -0.2) is 41.8 Å². The molecule has 0 spiro atoms. The molecule has 11 heteroatoms. The Morgan fingerprint density at radius 3 is 2.42 bits per heavy atom. The predicted molar refractivity (Wildman–Crippen MR) is 153 cm³/mol. The van der Waals surface area contributed by atoms with E-state index in [0.717, 1.165) is 53.8 Å². The molecule has 0 bridgehead atoms. The topological polar surface area (TPSA) is 150 Å². The standard InChI is InChI=1S/C29H36N8O3/c38-25(9-3-1-2-4-10-26(39)36-40)32-22-11-13-23(14-12-22)33-29-34-27(24-15-16-30-28(24)35-29)21-17-31-37(19-21)18-20-7-5-6-8-20/h11-17,19-20,40H,1-10,18H2,(H,32,38)(H,36,39)(H2,30,33,34,35). The molecule has 0 unspecified atom stereocenters. The second-order valence-electron chi connectivity index (χ2n) is 10.4. The van der Waals surface area contributed by atoms with Gasteiger partial charge in [0.05, 0.1) is 11.9 Å². The quantitative estimate of drug-likeness (QED) is 0.0842. The number of fused-ring (bicyclic) bond motifs is 1. The molecule has 1 saturated carbocycles. The highest BCUT2D eigenvalue weighted by Crippen LogP contribution is 2.30. The van der Waals surface area contributed by atoms with Gasteiger partial charge in [0, 0.05) is 54.1 Å². The molecule has 11 nitrogen and oxygen atoms in total. The van der Waals surface area contributed by atoms with Gasteiger partial charge in [-0.05, 0) is 61.9 Å². The maximum absolute atomic E-state index is 12.3. The van der Waals surface area contributed by atoms with Crippen LogP contribution in [0, 0.1) is 5.92 Å². The van der Waals surface area contributed by atoms with E-state index >= 15 is 0 Å². The summed E-state index contributed by atoms with van der Waals surface area (Å²) >= 11 is 0. The van der Waals surface area contributed by atoms with Gasteiger partial charge in [0.1, 0.15) is 5.65 Å². The van der Waals surface area contributed by atoms with E-state index in [1.807, 2.05) is 47.4 Å². The van der Waals surface area contributed by atoms with Crippen molar-refractivity contribution in [3.05, 3.63) is 48.9 Å². The number of hydroxylamine groups is 1. The number of carbonyl (C=O) groups excluding carboxylic acids is 2. The van der Waals surface area contributed by atoms with Crippen LogP contribution in [0.5, 0.6) is 0 Å². The lowest BCUT2D eigenvalue weighted by Crippen LogP contribution is -2.17. The van der Waals surface area contributed by atoms with Crippen molar-refractivity contribution >= 4 is 40.2 Å². The van der Waals surface area contributed by atoms with E-state index in [9.17, 15) is 9.59 Å². The van der Waals surface area contributed by atoms with Gasteiger partial charge in [0.25, 0.3) is 0 Å². The number of H-pyrrole nitrogens is 1. The number of nitrogens with one attached hydrogen (secondary N) is 4. The SMILES string of the molecule is O=C(CCCCCCC(=O)Nc1ccc(Nc2nc(-c3cnn(CC4CCCC4)c3)c3cc[nH]c3n2)cc1)NO. The summed E-state index contributed by atoms with van der Waals surface area (Å²) in [6.45, 7) is 0.945. The highest BCUT2D eigenvalue weighted by Gasteiger charge is 2.17. The Morgan fingerprint density at radius 1 is 0.950 bits per heavy atom. The van der Waals surface area contributed by atoms with Crippen molar-refractivity contribution in [3.8, 4) is 11.3 Å². The number of hydrogen-bond acceptors (Lipinski definition) is 7. The number of unbranched alkanes of at least 4 members (excludes halogenated alkanes) is 3. The van der Waals surface area contributed by atoms with Crippen LogP contribution in [0.15, 0.2) is 48.9 Å². The molecule has 0 saturated heterocycles. The molecule has 0 aliphatic heterocycles. The van der Waals surface area contributed by atoms with Gasteiger partial charge in [-0.25, -0.2) is 10.5 Å². The van der Waals surface area contributed by atoms with Crippen LogP contribution >= 0.6 is 0 Å². The van der Waals surface area contributed by atoms with Crippen molar-refractivity contribution in [1.82, 2.24) is 30.2 Å². The third-order valence-electron chi connectivity index (χ3n) is 7.35. The van der Waals surface area contributed by atoms with Gasteiger partial charge in [-0.2, -0.15) is 10.1 Å². The van der Waals surface area contributed by atoms with E-state index in [4.69, 9.17) is 10.2 Å². The Labute approximate surface area is 232 Å². The Bertz CT molecular complexity index is 1420. The van der Waals surface area contributed by atoms with E-state index in [1.165, 1.54) is 25.7 Å². The van der Waals surface area contributed by atoms with E-state index < -0.39 is 0 Å². The zero-order valence-electron chi connectivity index (χ0n) is 22.5. The van der Waals surface area contributed by atoms with E-state index in [1.54, 1.807) is 5.48 Å². The zero-order chi connectivity index (χ0) is 27.7.